The number of rotatable bonds is 7. The van der Waals surface area contributed by atoms with Crippen molar-refractivity contribution in [3.05, 3.63) is 24.3 Å². The Morgan fingerprint density at radius 3 is 3.19 bits per heavy atom. The average molecular weight is 288 g/mol. The number of hydrogen-bond donors (Lipinski definition) is 1. The average Bonchev–Trinajstić information content (AvgIpc) is 2.52. The van der Waals surface area contributed by atoms with Crippen LogP contribution in [0.1, 0.15) is 39.0 Å². The minimum atomic E-state index is 0.377. The normalized spacial score (nSPS) is 21.5. The van der Waals surface area contributed by atoms with Crippen LogP contribution in [-0.2, 0) is 4.74 Å². The largest absolute Gasteiger partial charge is 0.493 e. The molecule has 4 heteroatoms. The zero-order valence-electron chi connectivity index (χ0n) is 12.7. The van der Waals surface area contributed by atoms with Crippen molar-refractivity contribution >= 4 is 5.69 Å². The van der Waals surface area contributed by atoms with Crippen molar-refractivity contribution in [2.45, 2.75) is 51.2 Å². The number of hydrogen-bond acceptors (Lipinski definition) is 4. The molecule has 0 bridgehead atoms. The first-order valence-corrected chi connectivity index (χ1v) is 7.79. The second kappa shape index (κ2) is 8.53. The maximum Gasteiger partial charge on any atom is 0.121 e. The summed E-state index contributed by atoms with van der Waals surface area (Å²) in [6, 6.07) is 10.6. The van der Waals surface area contributed by atoms with Gasteiger partial charge in [-0.1, -0.05) is 13.0 Å². The van der Waals surface area contributed by atoms with Crippen molar-refractivity contribution in [3.63, 3.8) is 0 Å². The predicted molar refractivity (Wildman–Crippen MR) is 83.5 cm³/mol. The number of ether oxygens (including phenoxy) is 2. The van der Waals surface area contributed by atoms with E-state index in [4.69, 9.17) is 14.7 Å². The summed E-state index contributed by atoms with van der Waals surface area (Å²) < 4.78 is 11.4. The van der Waals surface area contributed by atoms with Crippen molar-refractivity contribution in [1.82, 2.24) is 0 Å². The van der Waals surface area contributed by atoms with Crippen LogP contribution in [0, 0.1) is 11.3 Å². The molecule has 2 unspecified atom stereocenters. The van der Waals surface area contributed by atoms with E-state index in [1.54, 1.807) is 0 Å². The summed E-state index contributed by atoms with van der Waals surface area (Å²) in [6.45, 7) is 3.59. The Morgan fingerprint density at radius 1 is 1.48 bits per heavy atom. The Kier molecular flexibility index (Phi) is 6.36. The molecule has 0 aromatic heterocycles. The zero-order chi connectivity index (χ0) is 14.9. The molecular formula is C17H24N2O2. The van der Waals surface area contributed by atoms with Gasteiger partial charge in [-0.2, -0.15) is 5.26 Å². The van der Waals surface area contributed by atoms with Gasteiger partial charge in [0, 0.05) is 30.8 Å². The van der Waals surface area contributed by atoms with Crippen LogP contribution in [0.2, 0.25) is 0 Å². The summed E-state index contributed by atoms with van der Waals surface area (Å²) in [4.78, 5) is 0. The minimum Gasteiger partial charge on any atom is -0.493 e. The van der Waals surface area contributed by atoms with Gasteiger partial charge in [-0.25, -0.2) is 0 Å². The molecule has 0 aliphatic carbocycles. The highest BCUT2D eigenvalue weighted by molar-refractivity contribution is 5.48. The van der Waals surface area contributed by atoms with Crippen LogP contribution in [0.3, 0.4) is 0 Å². The topological polar surface area (TPSA) is 54.3 Å². The highest BCUT2D eigenvalue weighted by atomic mass is 16.5. The van der Waals surface area contributed by atoms with Gasteiger partial charge in [0.25, 0.3) is 0 Å². The van der Waals surface area contributed by atoms with E-state index in [9.17, 15) is 0 Å². The van der Waals surface area contributed by atoms with Crippen molar-refractivity contribution in [2.75, 3.05) is 18.5 Å². The molecule has 114 valence electrons. The molecule has 1 aliphatic rings. The third-order valence-corrected chi connectivity index (χ3v) is 3.73. The third-order valence-electron chi connectivity index (χ3n) is 3.73. The van der Waals surface area contributed by atoms with Crippen molar-refractivity contribution in [3.8, 4) is 11.8 Å². The first-order chi connectivity index (χ1) is 10.3. The number of benzene rings is 1. The fourth-order valence-electron chi connectivity index (χ4n) is 2.55. The summed E-state index contributed by atoms with van der Waals surface area (Å²) in [6.07, 6.45) is 4.86. The van der Waals surface area contributed by atoms with Gasteiger partial charge in [0.15, 0.2) is 0 Å². The molecule has 1 saturated heterocycles. The first-order valence-electron chi connectivity index (χ1n) is 7.79. The van der Waals surface area contributed by atoms with Gasteiger partial charge in [0.1, 0.15) is 5.75 Å². The van der Waals surface area contributed by atoms with E-state index in [1.807, 2.05) is 18.2 Å². The van der Waals surface area contributed by atoms with E-state index in [0.717, 1.165) is 43.7 Å². The number of nitrogens with zero attached hydrogens (tertiary/aromatic N) is 1. The Bertz CT molecular complexity index is 470. The van der Waals surface area contributed by atoms with Crippen LogP contribution in [0.4, 0.5) is 5.69 Å². The lowest BCUT2D eigenvalue weighted by Gasteiger charge is -2.30. The molecule has 4 nitrogen and oxygen atoms in total. The summed E-state index contributed by atoms with van der Waals surface area (Å²) >= 11 is 0. The molecular weight excluding hydrogens is 264 g/mol. The molecule has 2 atom stereocenters. The number of nitriles is 1. The molecule has 2 rings (SSSR count). The fraction of sp³-hybridized carbons (Fsp3) is 0.588. The lowest BCUT2D eigenvalue weighted by molar-refractivity contribution is 0.00925. The highest BCUT2D eigenvalue weighted by Crippen LogP contribution is 2.23. The van der Waals surface area contributed by atoms with E-state index >= 15 is 0 Å². The van der Waals surface area contributed by atoms with Crippen LogP contribution in [0.15, 0.2) is 24.3 Å². The predicted octanol–water partition coefficient (Wildman–Crippen LogP) is 3.74. The lowest BCUT2D eigenvalue weighted by atomic mass is 10.0. The van der Waals surface area contributed by atoms with Crippen LogP contribution in [0.5, 0.6) is 5.75 Å². The molecule has 0 saturated carbocycles. The second-order valence-electron chi connectivity index (χ2n) is 5.40. The van der Waals surface area contributed by atoms with E-state index in [2.05, 4.69) is 24.4 Å². The summed E-state index contributed by atoms with van der Waals surface area (Å²) in [5, 5.41) is 12.1. The molecule has 0 amide bonds. The molecule has 0 spiro atoms. The Hall–Kier alpha value is -1.73. The minimum absolute atomic E-state index is 0.377. The summed E-state index contributed by atoms with van der Waals surface area (Å²) in [7, 11) is 0. The van der Waals surface area contributed by atoms with Gasteiger partial charge in [0.2, 0.25) is 0 Å². The molecule has 1 aromatic carbocycles. The van der Waals surface area contributed by atoms with Crippen LogP contribution in [-0.4, -0.2) is 25.4 Å². The Labute approximate surface area is 127 Å². The van der Waals surface area contributed by atoms with E-state index in [-0.39, 0.29) is 0 Å². The van der Waals surface area contributed by atoms with Crippen LogP contribution in [0.25, 0.3) is 0 Å². The van der Waals surface area contributed by atoms with Crippen LogP contribution >= 0.6 is 0 Å². The highest BCUT2D eigenvalue weighted by Gasteiger charge is 2.21. The summed E-state index contributed by atoms with van der Waals surface area (Å²) in [5.41, 5.74) is 1.09. The first kappa shape index (κ1) is 15.7. The maximum atomic E-state index is 8.51. The quantitative estimate of drug-likeness (QED) is 0.777. The van der Waals surface area contributed by atoms with E-state index < -0.39 is 0 Å². The Balaban J connectivity index is 1.84. The van der Waals surface area contributed by atoms with E-state index in [0.29, 0.717) is 25.2 Å². The lowest BCUT2D eigenvalue weighted by Crippen LogP contribution is -2.33. The monoisotopic (exact) mass is 288 g/mol. The smallest absolute Gasteiger partial charge is 0.121 e. The van der Waals surface area contributed by atoms with E-state index in [1.165, 1.54) is 0 Å². The van der Waals surface area contributed by atoms with Gasteiger partial charge >= 0.3 is 0 Å². The van der Waals surface area contributed by atoms with Crippen molar-refractivity contribution < 1.29 is 9.47 Å². The molecule has 1 N–H and O–H groups in total. The molecule has 1 fully saturated rings. The second-order valence-corrected chi connectivity index (χ2v) is 5.40. The number of unbranched alkanes of at least 4 members (excludes halogenated alkanes) is 1. The molecule has 21 heavy (non-hydrogen) atoms. The Morgan fingerprint density at radius 2 is 2.38 bits per heavy atom. The standard InChI is InChI=1S/C17H24N2O2/c1-2-16-12-15(8-11-21-16)19-14-6-5-7-17(13-14)20-10-4-3-9-18/h5-7,13,15-16,19H,2-4,8,10-12H2,1H3. The van der Waals surface area contributed by atoms with Gasteiger partial charge in [-0.3, -0.25) is 0 Å². The van der Waals surface area contributed by atoms with Gasteiger partial charge in [-0.05, 0) is 37.8 Å². The zero-order valence-corrected chi connectivity index (χ0v) is 12.7. The SMILES string of the molecule is CCC1CC(Nc2cccc(OCCCC#N)c2)CCO1. The molecule has 1 aromatic rings. The number of nitrogens with one attached hydrogen (secondary N) is 1. The van der Waals surface area contributed by atoms with Crippen molar-refractivity contribution in [1.29, 1.82) is 5.26 Å². The third kappa shape index (κ3) is 5.28. The molecule has 0 radical (unpaired) electrons. The van der Waals surface area contributed by atoms with Crippen LogP contribution < -0.4 is 10.1 Å². The molecule has 1 heterocycles. The fourth-order valence-corrected chi connectivity index (χ4v) is 2.55. The van der Waals surface area contributed by atoms with Gasteiger partial charge in [-0.15, -0.1) is 0 Å². The van der Waals surface area contributed by atoms with Crippen molar-refractivity contribution in [2.24, 2.45) is 0 Å². The van der Waals surface area contributed by atoms with Gasteiger partial charge in [0.05, 0.1) is 18.8 Å². The maximum absolute atomic E-state index is 8.51. The number of anilines is 1. The summed E-state index contributed by atoms with van der Waals surface area (Å²) in [5.74, 6) is 0.858. The molecule has 1 aliphatic heterocycles. The van der Waals surface area contributed by atoms with Gasteiger partial charge < -0.3 is 14.8 Å².